The Morgan fingerprint density at radius 2 is 2.11 bits per heavy atom. The van der Waals surface area contributed by atoms with Gasteiger partial charge in [0.25, 0.3) is 0 Å². The number of likely N-dealkylation sites (tertiary alicyclic amines) is 1. The summed E-state index contributed by atoms with van der Waals surface area (Å²) in [5.74, 6) is 0.995. The highest BCUT2D eigenvalue weighted by atomic mass is 16.2. The van der Waals surface area contributed by atoms with E-state index in [2.05, 4.69) is 30.5 Å². The van der Waals surface area contributed by atoms with Crippen LogP contribution in [0.1, 0.15) is 44.3 Å². The van der Waals surface area contributed by atoms with Gasteiger partial charge in [-0.2, -0.15) is 5.10 Å². The Hall–Kier alpha value is -2.84. The summed E-state index contributed by atoms with van der Waals surface area (Å²) >= 11 is 0. The van der Waals surface area contributed by atoms with E-state index in [4.69, 9.17) is 0 Å². The number of piperidine rings is 1. The van der Waals surface area contributed by atoms with Crippen LogP contribution in [0.3, 0.4) is 0 Å². The van der Waals surface area contributed by atoms with Crippen LogP contribution in [-0.4, -0.2) is 54.5 Å². The Kier molecular flexibility index (Phi) is 5.08. The molecule has 9 heteroatoms. The second kappa shape index (κ2) is 7.81. The molecule has 1 saturated heterocycles. The fourth-order valence-electron chi connectivity index (χ4n) is 3.87. The van der Waals surface area contributed by atoms with Crippen LogP contribution in [0.25, 0.3) is 11.5 Å². The molecule has 4 rings (SSSR count). The maximum atomic E-state index is 12.6. The van der Waals surface area contributed by atoms with E-state index >= 15 is 0 Å². The molecule has 2 aliphatic rings. The monoisotopic (exact) mass is 369 g/mol. The first-order valence-electron chi connectivity index (χ1n) is 9.45. The summed E-state index contributed by atoms with van der Waals surface area (Å²) in [6, 6.07) is 0.317. The van der Waals surface area contributed by atoms with Crippen molar-refractivity contribution in [2.24, 2.45) is 5.92 Å². The number of nitrogens with one attached hydrogen (secondary N) is 2. The molecule has 0 bridgehead atoms. The molecule has 2 N–H and O–H groups in total. The van der Waals surface area contributed by atoms with Gasteiger partial charge in [0.1, 0.15) is 11.5 Å². The summed E-state index contributed by atoms with van der Waals surface area (Å²) < 4.78 is 0. The Labute approximate surface area is 157 Å². The summed E-state index contributed by atoms with van der Waals surface area (Å²) in [6.45, 7) is 0.788. The first-order valence-corrected chi connectivity index (χ1v) is 9.45. The summed E-state index contributed by atoms with van der Waals surface area (Å²) in [4.78, 5) is 39.2. The molecule has 3 heterocycles. The molecule has 9 nitrogen and oxygen atoms in total. The number of hydrogen-bond acceptors (Lipinski definition) is 6. The number of aromatic nitrogens is 5. The molecule has 2 aromatic heterocycles. The smallest absolute Gasteiger partial charge is 0.225 e. The zero-order valence-electron chi connectivity index (χ0n) is 15.1. The Balaban J connectivity index is 1.33. The number of amides is 2. The average Bonchev–Trinajstić information content (AvgIpc) is 3.39. The van der Waals surface area contributed by atoms with Crippen LogP contribution in [0.4, 0.5) is 0 Å². The molecule has 1 saturated carbocycles. The van der Waals surface area contributed by atoms with Gasteiger partial charge in [-0.25, -0.2) is 9.97 Å². The SMILES string of the molecule is O=C(NCc1nc(-c2cnccn2)n[nH]1)[C@@H]1CCC(=O)N(C2CCCC2)C1. The van der Waals surface area contributed by atoms with Crippen LogP contribution < -0.4 is 5.32 Å². The Morgan fingerprint density at radius 1 is 1.26 bits per heavy atom. The molecule has 2 aromatic rings. The van der Waals surface area contributed by atoms with Crippen molar-refractivity contribution in [2.75, 3.05) is 6.54 Å². The van der Waals surface area contributed by atoms with E-state index in [1.54, 1.807) is 18.6 Å². The van der Waals surface area contributed by atoms with Crippen LogP contribution in [0, 0.1) is 5.92 Å². The zero-order chi connectivity index (χ0) is 18.6. The quantitative estimate of drug-likeness (QED) is 0.814. The molecule has 1 aliphatic carbocycles. The molecule has 0 unspecified atom stereocenters. The van der Waals surface area contributed by atoms with Gasteiger partial charge in [-0.05, 0) is 19.3 Å². The van der Waals surface area contributed by atoms with Gasteiger partial charge in [0, 0.05) is 31.4 Å². The lowest BCUT2D eigenvalue weighted by Gasteiger charge is -2.36. The van der Waals surface area contributed by atoms with Crippen molar-refractivity contribution < 1.29 is 9.59 Å². The van der Waals surface area contributed by atoms with Crippen molar-refractivity contribution in [2.45, 2.75) is 51.1 Å². The molecule has 0 radical (unpaired) electrons. The Bertz CT molecular complexity index is 801. The van der Waals surface area contributed by atoms with E-state index in [1.165, 1.54) is 12.8 Å². The number of aromatic amines is 1. The zero-order valence-corrected chi connectivity index (χ0v) is 15.1. The normalized spacial score (nSPS) is 20.8. The van der Waals surface area contributed by atoms with E-state index in [0.717, 1.165) is 12.8 Å². The fourth-order valence-corrected chi connectivity index (χ4v) is 3.87. The largest absolute Gasteiger partial charge is 0.349 e. The van der Waals surface area contributed by atoms with Gasteiger partial charge in [-0.1, -0.05) is 12.8 Å². The molecule has 2 fully saturated rings. The number of H-pyrrole nitrogens is 1. The van der Waals surface area contributed by atoms with E-state index < -0.39 is 0 Å². The van der Waals surface area contributed by atoms with Crippen LogP contribution in [0.15, 0.2) is 18.6 Å². The highest BCUT2D eigenvalue weighted by molar-refractivity contribution is 5.84. The second-order valence-corrected chi connectivity index (χ2v) is 7.13. The summed E-state index contributed by atoms with van der Waals surface area (Å²) in [5, 5.41) is 9.84. The highest BCUT2D eigenvalue weighted by Crippen LogP contribution is 2.28. The van der Waals surface area contributed by atoms with E-state index in [1.807, 2.05) is 4.90 Å². The van der Waals surface area contributed by atoms with Gasteiger partial charge in [-0.3, -0.25) is 19.7 Å². The number of carbonyl (C=O) groups is 2. The molecule has 1 atom stereocenters. The topological polar surface area (TPSA) is 117 Å². The molecule has 1 aliphatic heterocycles. The third-order valence-electron chi connectivity index (χ3n) is 5.33. The number of nitrogens with zero attached hydrogens (tertiary/aromatic N) is 5. The van der Waals surface area contributed by atoms with Crippen molar-refractivity contribution in [1.82, 2.24) is 35.4 Å². The van der Waals surface area contributed by atoms with Crippen molar-refractivity contribution in [1.29, 1.82) is 0 Å². The van der Waals surface area contributed by atoms with E-state index in [9.17, 15) is 9.59 Å². The molecule has 0 aromatic carbocycles. The maximum absolute atomic E-state index is 12.6. The lowest BCUT2D eigenvalue weighted by Crippen LogP contribution is -2.49. The van der Waals surface area contributed by atoms with Gasteiger partial charge in [0.15, 0.2) is 0 Å². The van der Waals surface area contributed by atoms with Crippen LogP contribution in [0.2, 0.25) is 0 Å². The molecule has 142 valence electrons. The predicted molar refractivity (Wildman–Crippen MR) is 95.9 cm³/mol. The first-order chi connectivity index (χ1) is 13.2. The van der Waals surface area contributed by atoms with Crippen LogP contribution >= 0.6 is 0 Å². The highest BCUT2D eigenvalue weighted by Gasteiger charge is 2.35. The molecule has 2 amide bonds. The van der Waals surface area contributed by atoms with Gasteiger partial charge in [-0.15, -0.1) is 0 Å². The van der Waals surface area contributed by atoms with Gasteiger partial charge < -0.3 is 10.2 Å². The van der Waals surface area contributed by atoms with Crippen molar-refractivity contribution >= 4 is 11.8 Å². The summed E-state index contributed by atoms with van der Waals surface area (Å²) in [5.41, 5.74) is 0.573. The van der Waals surface area contributed by atoms with E-state index in [-0.39, 0.29) is 24.3 Å². The first kappa shape index (κ1) is 17.6. The average molecular weight is 369 g/mol. The van der Waals surface area contributed by atoms with Crippen LogP contribution in [0.5, 0.6) is 0 Å². The minimum absolute atomic E-state index is 0.0389. The lowest BCUT2D eigenvalue weighted by molar-refractivity contribution is -0.140. The molecule has 0 spiro atoms. The van der Waals surface area contributed by atoms with Gasteiger partial charge in [0.2, 0.25) is 17.6 Å². The fraction of sp³-hybridized carbons (Fsp3) is 0.556. The van der Waals surface area contributed by atoms with Gasteiger partial charge >= 0.3 is 0 Å². The second-order valence-electron chi connectivity index (χ2n) is 7.13. The van der Waals surface area contributed by atoms with Crippen molar-refractivity contribution in [3.05, 3.63) is 24.4 Å². The van der Waals surface area contributed by atoms with Gasteiger partial charge in [0.05, 0.1) is 18.7 Å². The third-order valence-corrected chi connectivity index (χ3v) is 5.33. The predicted octanol–water partition coefficient (Wildman–Crippen LogP) is 1.06. The minimum Gasteiger partial charge on any atom is -0.349 e. The lowest BCUT2D eigenvalue weighted by atomic mass is 9.95. The van der Waals surface area contributed by atoms with E-state index in [0.29, 0.717) is 42.8 Å². The number of carbonyl (C=O) groups excluding carboxylic acids is 2. The number of rotatable bonds is 5. The summed E-state index contributed by atoms with van der Waals surface area (Å²) in [6.07, 6.45) is 10.3. The van der Waals surface area contributed by atoms with Crippen LogP contribution in [-0.2, 0) is 16.1 Å². The third kappa shape index (κ3) is 3.96. The maximum Gasteiger partial charge on any atom is 0.225 e. The summed E-state index contributed by atoms with van der Waals surface area (Å²) in [7, 11) is 0. The molecular weight excluding hydrogens is 346 g/mol. The number of hydrogen-bond donors (Lipinski definition) is 2. The van der Waals surface area contributed by atoms with Crippen molar-refractivity contribution in [3.63, 3.8) is 0 Å². The minimum atomic E-state index is -0.161. The van der Waals surface area contributed by atoms with Crippen molar-refractivity contribution in [3.8, 4) is 11.5 Å². The molecular formula is C18H23N7O2. The Morgan fingerprint density at radius 3 is 2.89 bits per heavy atom. The molecule has 27 heavy (non-hydrogen) atoms. The standard InChI is InChI=1S/C18H23N7O2/c26-16-6-5-12(11-25(16)13-3-1-2-4-13)18(27)21-10-15-22-17(24-23-15)14-9-19-7-8-20-14/h7-9,12-13H,1-6,10-11H2,(H,21,27)(H,22,23,24)/t12-/m1/s1.